The summed E-state index contributed by atoms with van der Waals surface area (Å²) in [5.74, 6) is 0.0818. The number of carbonyl (C=O) groups excluding carboxylic acids is 3. The number of nitrogens with zero attached hydrogens (tertiary/aromatic N) is 1. The number of aliphatic hydroxyl groups is 1. The molecule has 2 aromatic carbocycles. The molecule has 34 heavy (non-hydrogen) atoms. The molecule has 3 N–H and O–H groups in total. The molecule has 1 aliphatic rings. The first kappa shape index (κ1) is 24.8. The molecule has 2 unspecified atom stereocenters. The zero-order valence-corrected chi connectivity index (χ0v) is 19.6. The van der Waals surface area contributed by atoms with Gasteiger partial charge in [-0.05, 0) is 31.5 Å². The lowest BCUT2D eigenvalue weighted by atomic mass is 9.91. The molecule has 2 aromatic rings. The lowest BCUT2D eigenvalue weighted by molar-refractivity contribution is -0.134. The molecule has 0 spiro atoms. The first-order valence-electron chi connectivity index (χ1n) is 10.7. The number of amides is 4. The molecule has 2 atom stereocenters. The second-order valence-corrected chi connectivity index (χ2v) is 8.07. The molecule has 10 heteroatoms. The number of ether oxygens (including phenoxy) is 3. The minimum atomic E-state index is -1.26. The normalized spacial score (nSPS) is 18.3. The van der Waals surface area contributed by atoms with Gasteiger partial charge in [0.05, 0.1) is 14.2 Å². The third-order valence-corrected chi connectivity index (χ3v) is 5.54. The maximum absolute atomic E-state index is 12.9. The van der Waals surface area contributed by atoms with Crippen LogP contribution in [0.4, 0.5) is 4.79 Å². The highest BCUT2D eigenvalue weighted by atomic mass is 16.5. The van der Waals surface area contributed by atoms with Crippen molar-refractivity contribution in [2.24, 2.45) is 0 Å². The number of nitrogens with one attached hydrogen (secondary N) is 2. The lowest BCUT2D eigenvalue weighted by Gasteiger charge is -2.22. The minimum absolute atomic E-state index is 0.144. The van der Waals surface area contributed by atoms with E-state index in [4.69, 9.17) is 14.2 Å². The molecule has 1 aliphatic heterocycles. The maximum Gasteiger partial charge on any atom is 0.325 e. The monoisotopic (exact) mass is 471 g/mol. The summed E-state index contributed by atoms with van der Waals surface area (Å²) in [6, 6.07) is 11.7. The Morgan fingerprint density at radius 1 is 1.12 bits per heavy atom. The molecule has 1 saturated heterocycles. The molecular weight excluding hydrogens is 442 g/mol. The molecule has 10 nitrogen and oxygen atoms in total. The van der Waals surface area contributed by atoms with Gasteiger partial charge < -0.3 is 30.0 Å². The van der Waals surface area contributed by atoms with Gasteiger partial charge in [0.2, 0.25) is 11.7 Å². The van der Waals surface area contributed by atoms with Crippen LogP contribution in [0.2, 0.25) is 0 Å². The van der Waals surface area contributed by atoms with Gasteiger partial charge in [0.15, 0.2) is 11.5 Å². The van der Waals surface area contributed by atoms with Crippen LogP contribution in [0.1, 0.15) is 18.1 Å². The number of para-hydroxylation sites is 1. The maximum atomic E-state index is 12.9. The highest BCUT2D eigenvalue weighted by Gasteiger charge is 2.49. The van der Waals surface area contributed by atoms with Gasteiger partial charge in [0.1, 0.15) is 24.8 Å². The summed E-state index contributed by atoms with van der Waals surface area (Å²) in [4.78, 5) is 38.6. The number of imide groups is 1. The SMILES string of the molecule is COc1cccc(OC)c1OCC(O)CNC(=O)CN1C(=O)NC(C)(c2ccc(C)cc2)C1=O. The molecule has 0 bridgehead atoms. The lowest BCUT2D eigenvalue weighted by Crippen LogP contribution is -2.45. The first-order chi connectivity index (χ1) is 16.2. The van der Waals surface area contributed by atoms with Crippen LogP contribution in [0.3, 0.4) is 0 Å². The molecule has 182 valence electrons. The van der Waals surface area contributed by atoms with Crippen LogP contribution in [0.5, 0.6) is 17.2 Å². The van der Waals surface area contributed by atoms with Crippen LogP contribution in [-0.4, -0.2) is 67.9 Å². The number of carbonyl (C=O) groups is 3. The molecule has 1 heterocycles. The van der Waals surface area contributed by atoms with E-state index in [1.165, 1.54) is 14.2 Å². The number of hydrogen-bond acceptors (Lipinski definition) is 7. The molecule has 0 saturated carbocycles. The van der Waals surface area contributed by atoms with E-state index in [1.54, 1.807) is 37.3 Å². The van der Waals surface area contributed by atoms with Crippen LogP contribution in [-0.2, 0) is 15.1 Å². The van der Waals surface area contributed by atoms with Gasteiger partial charge in [0, 0.05) is 6.54 Å². The number of rotatable bonds is 10. The van der Waals surface area contributed by atoms with Gasteiger partial charge in [-0.2, -0.15) is 0 Å². The van der Waals surface area contributed by atoms with Gasteiger partial charge >= 0.3 is 6.03 Å². The summed E-state index contributed by atoms with van der Waals surface area (Å²) >= 11 is 0. The molecule has 4 amide bonds. The van der Waals surface area contributed by atoms with E-state index in [-0.39, 0.29) is 13.2 Å². The van der Waals surface area contributed by atoms with Gasteiger partial charge in [-0.25, -0.2) is 4.79 Å². The van der Waals surface area contributed by atoms with Crippen molar-refractivity contribution in [2.75, 3.05) is 33.9 Å². The summed E-state index contributed by atoms with van der Waals surface area (Å²) < 4.78 is 16.1. The first-order valence-corrected chi connectivity index (χ1v) is 10.7. The third-order valence-electron chi connectivity index (χ3n) is 5.54. The number of urea groups is 1. The highest BCUT2D eigenvalue weighted by Crippen LogP contribution is 2.36. The fourth-order valence-corrected chi connectivity index (χ4v) is 3.55. The molecule has 3 rings (SSSR count). The zero-order valence-electron chi connectivity index (χ0n) is 19.6. The molecular formula is C24H29N3O7. The fourth-order valence-electron chi connectivity index (χ4n) is 3.55. The number of benzene rings is 2. The van der Waals surface area contributed by atoms with Crippen molar-refractivity contribution in [1.82, 2.24) is 15.5 Å². The summed E-state index contributed by atoms with van der Waals surface area (Å²) in [6.07, 6.45) is -1.06. The molecule has 0 aromatic heterocycles. The van der Waals surface area contributed by atoms with Crippen molar-refractivity contribution in [3.63, 3.8) is 0 Å². The average Bonchev–Trinajstić information content (AvgIpc) is 3.05. The summed E-state index contributed by atoms with van der Waals surface area (Å²) in [5.41, 5.74) is 0.386. The van der Waals surface area contributed by atoms with Crippen LogP contribution >= 0.6 is 0 Å². The van der Waals surface area contributed by atoms with E-state index >= 15 is 0 Å². The van der Waals surface area contributed by atoms with E-state index in [2.05, 4.69) is 10.6 Å². The highest BCUT2D eigenvalue weighted by molar-refractivity contribution is 6.09. The summed E-state index contributed by atoms with van der Waals surface area (Å²) in [6.45, 7) is 2.76. The molecule has 0 aliphatic carbocycles. The number of aryl methyl sites for hydroxylation is 1. The Morgan fingerprint density at radius 3 is 2.32 bits per heavy atom. The van der Waals surface area contributed by atoms with E-state index in [9.17, 15) is 19.5 Å². The van der Waals surface area contributed by atoms with Crippen molar-refractivity contribution >= 4 is 17.8 Å². The fraction of sp³-hybridized carbons (Fsp3) is 0.375. The largest absolute Gasteiger partial charge is 0.493 e. The van der Waals surface area contributed by atoms with Crippen molar-refractivity contribution in [3.8, 4) is 17.2 Å². The number of aliphatic hydroxyl groups excluding tert-OH is 1. The zero-order chi connectivity index (χ0) is 24.9. The Balaban J connectivity index is 1.53. The average molecular weight is 472 g/mol. The Morgan fingerprint density at radius 2 is 1.74 bits per heavy atom. The quantitative estimate of drug-likeness (QED) is 0.446. The molecule has 0 radical (unpaired) electrons. The Bertz CT molecular complexity index is 1030. The smallest absolute Gasteiger partial charge is 0.325 e. The molecule has 1 fully saturated rings. The van der Waals surface area contributed by atoms with Crippen LogP contribution in [0, 0.1) is 6.92 Å². The van der Waals surface area contributed by atoms with Crippen molar-refractivity contribution in [1.29, 1.82) is 0 Å². The van der Waals surface area contributed by atoms with E-state index in [0.29, 0.717) is 22.8 Å². The van der Waals surface area contributed by atoms with Crippen molar-refractivity contribution < 1.29 is 33.7 Å². The van der Waals surface area contributed by atoms with E-state index in [0.717, 1.165) is 10.5 Å². The van der Waals surface area contributed by atoms with Crippen LogP contribution in [0.15, 0.2) is 42.5 Å². The minimum Gasteiger partial charge on any atom is -0.493 e. The number of hydrogen-bond donors (Lipinski definition) is 3. The van der Waals surface area contributed by atoms with Crippen LogP contribution < -0.4 is 24.8 Å². The van der Waals surface area contributed by atoms with Gasteiger partial charge in [0.25, 0.3) is 5.91 Å². The Kier molecular flexibility index (Phi) is 7.62. The van der Waals surface area contributed by atoms with E-state index < -0.39 is 36.0 Å². The van der Waals surface area contributed by atoms with Gasteiger partial charge in [-0.15, -0.1) is 0 Å². The standard InChI is InChI=1S/C24H29N3O7/c1-15-8-10-16(11-9-15)24(2)22(30)27(23(31)26-24)13-20(29)25-12-17(28)14-34-21-18(32-3)6-5-7-19(21)33-4/h5-11,17,28H,12-14H2,1-4H3,(H,25,29)(H,26,31). The predicted molar refractivity (Wildman–Crippen MR) is 123 cm³/mol. The van der Waals surface area contributed by atoms with Gasteiger partial charge in [-0.3, -0.25) is 14.5 Å². The van der Waals surface area contributed by atoms with Crippen LogP contribution in [0.25, 0.3) is 0 Å². The Labute approximate surface area is 197 Å². The third kappa shape index (κ3) is 5.23. The topological polar surface area (TPSA) is 126 Å². The van der Waals surface area contributed by atoms with Crippen molar-refractivity contribution in [2.45, 2.75) is 25.5 Å². The Hall–Kier alpha value is -3.79. The van der Waals surface area contributed by atoms with Gasteiger partial charge in [-0.1, -0.05) is 35.9 Å². The second-order valence-electron chi connectivity index (χ2n) is 8.07. The van der Waals surface area contributed by atoms with Crippen molar-refractivity contribution in [3.05, 3.63) is 53.6 Å². The second kappa shape index (κ2) is 10.4. The summed E-state index contributed by atoms with van der Waals surface area (Å²) in [7, 11) is 2.97. The number of methoxy groups -OCH3 is 2. The predicted octanol–water partition coefficient (Wildman–Crippen LogP) is 1.34. The van der Waals surface area contributed by atoms with E-state index in [1.807, 2.05) is 19.1 Å². The summed E-state index contributed by atoms with van der Waals surface area (Å²) in [5, 5.41) is 15.4.